The SMILES string of the molecule is NC(=O)C1CCN(C(=O)C[C@H](c2ccccc2)c2cn(Cc3ccccc3)c3ccc([N+](=O)[O-])cc23)CC1. The number of likely N-dealkylation sites (tertiary alicyclic amines) is 1. The van der Waals surface area contributed by atoms with Crippen LogP contribution in [0.25, 0.3) is 10.9 Å². The number of hydrogen-bond acceptors (Lipinski definition) is 4. The molecule has 0 spiro atoms. The van der Waals surface area contributed by atoms with E-state index in [1.54, 1.807) is 17.0 Å². The van der Waals surface area contributed by atoms with Gasteiger partial charge in [0.15, 0.2) is 0 Å². The highest BCUT2D eigenvalue weighted by molar-refractivity contribution is 5.88. The molecule has 8 nitrogen and oxygen atoms in total. The molecule has 0 aliphatic carbocycles. The van der Waals surface area contributed by atoms with E-state index in [-0.39, 0.29) is 40.7 Å². The summed E-state index contributed by atoms with van der Waals surface area (Å²) in [6.45, 7) is 1.59. The molecule has 1 saturated heterocycles. The first-order chi connectivity index (χ1) is 18.4. The Morgan fingerprint density at radius 1 is 0.974 bits per heavy atom. The zero-order valence-electron chi connectivity index (χ0n) is 21.0. The quantitative estimate of drug-likeness (QED) is 0.270. The van der Waals surface area contributed by atoms with E-state index < -0.39 is 0 Å². The number of nitro groups is 1. The monoisotopic (exact) mass is 510 g/mol. The largest absolute Gasteiger partial charge is 0.369 e. The predicted octanol–water partition coefficient (Wildman–Crippen LogP) is 4.84. The van der Waals surface area contributed by atoms with Crippen LogP contribution in [0.3, 0.4) is 0 Å². The Bertz CT molecular complexity index is 1460. The third kappa shape index (κ3) is 5.29. The number of nitrogens with two attached hydrogens (primary N) is 1. The van der Waals surface area contributed by atoms with Crippen LogP contribution in [-0.2, 0) is 16.1 Å². The molecule has 2 amide bonds. The first-order valence-electron chi connectivity index (χ1n) is 12.8. The van der Waals surface area contributed by atoms with Gasteiger partial charge in [0, 0.05) is 67.1 Å². The van der Waals surface area contributed by atoms with E-state index in [4.69, 9.17) is 5.73 Å². The highest BCUT2D eigenvalue weighted by Crippen LogP contribution is 2.37. The van der Waals surface area contributed by atoms with Crippen molar-refractivity contribution in [1.82, 2.24) is 9.47 Å². The molecule has 4 aromatic rings. The summed E-state index contributed by atoms with van der Waals surface area (Å²) in [5.41, 5.74) is 9.33. The number of hydrogen-bond donors (Lipinski definition) is 1. The molecule has 0 bridgehead atoms. The number of non-ortho nitro benzene ring substituents is 1. The number of benzene rings is 3. The van der Waals surface area contributed by atoms with Gasteiger partial charge in [0.25, 0.3) is 5.69 Å². The fourth-order valence-corrected chi connectivity index (χ4v) is 5.42. The van der Waals surface area contributed by atoms with Crippen molar-refractivity contribution in [2.45, 2.75) is 31.7 Å². The number of nitrogens with zero attached hydrogens (tertiary/aromatic N) is 3. The molecular formula is C30H30N4O4. The smallest absolute Gasteiger partial charge is 0.270 e. The van der Waals surface area contributed by atoms with E-state index in [9.17, 15) is 19.7 Å². The van der Waals surface area contributed by atoms with E-state index in [1.165, 1.54) is 6.07 Å². The minimum absolute atomic E-state index is 0.00355. The molecule has 2 N–H and O–H groups in total. The summed E-state index contributed by atoms with van der Waals surface area (Å²) in [6, 6.07) is 24.8. The minimum atomic E-state index is -0.386. The molecule has 1 atom stereocenters. The number of piperidine rings is 1. The standard InChI is InChI=1S/C30H30N4O4/c31-30(36)23-13-15-32(16-14-23)29(35)18-25(22-9-5-2-6-10-22)27-20-33(19-21-7-3-1-4-8-21)28-12-11-24(34(37)38)17-26(27)28/h1-12,17,20,23,25H,13-16,18-19H2,(H2,31,36)/t25-/m1/s1. The van der Waals surface area contributed by atoms with E-state index in [2.05, 4.69) is 4.57 Å². The van der Waals surface area contributed by atoms with Crippen molar-refractivity contribution in [2.75, 3.05) is 13.1 Å². The molecule has 38 heavy (non-hydrogen) atoms. The van der Waals surface area contributed by atoms with Gasteiger partial charge in [0.2, 0.25) is 11.8 Å². The summed E-state index contributed by atoms with van der Waals surface area (Å²) in [5, 5.41) is 12.4. The van der Waals surface area contributed by atoms with Crippen LogP contribution < -0.4 is 5.73 Å². The summed E-state index contributed by atoms with van der Waals surface area (Å²) in [4.78, 5) is 38.2. The lowest BCUT2D eigenvalue weighted by molar-refractivity contribution is -0.384. The van der Waals surface area contributed by atoms with Gasteiger partial charge < -0.3 is 15.2 Å². The number of fused-ring (bicyclic) bond motifs is 1. The number of aromatic nitrogens is 1. The Balaban J connectivity index is 1.54. The van der Waals surface area contributed by atoms with Gasteiger partial charge in [-0.05, 0) is 35.6 Å². The van der Waals surface area contributed by atoms with Gasteiger partial charge in [-0.25, -0.2) is 0 Å². The van der Waals surface area contributed by atoms with Crippen molar-refractivity contribution >= 4 is 28.4 Å². The first-order valence-corrected chi connectivity index (χ1v) is 12.8. The number of nitro benzene ring substituents is 1. The summed E-state index contributed by atoms with van der Waals surface area (Å²) in [7, 11) is 0. The van der Waals surface area contributed by atoms with Crippen LogP contribution in [0, 0.1) is 16.0 Å². The van der Waals surface area contributed by atoms with Crippen molar-refractivity contribution in [3.8, 4) is 0 Å². The van der Waals surface area contributed by atoms with Crippen LogP contribution >= 0.6 is 0 Å². The molecule has 2 heterocycles. The van der Waals surface area contributed by atoms with E-state index in [0.717, 1.165) is 27.6 Å². The van der Waals surface area contributed by atoms with Crippen LogP contribution in [0.5, 0.6) is 0 Å². The summed E-state index contributed by atoms with van der Waals surface area (Å²) < 4.78 is 2.10. The third-order valence-corrected chi connectivity index (χ3v) is 7.51. The highest BCUT2D eigenvalue weighted by atomic mass is 16.6. The van der Waals surface area contributed by atoms with Gasteiger partial charge in [0.1, 0.15) is 0 Å². The molecule has 3 aromatic carbocycles. The maximum Gasteiger partial charge on any atom is 0.270 e. The number of rotatable bonds is 8. The maximum atomic E-state index is 13.5. The Morgan fingerprint density at radius 3 is 2.26 bits per heavy atom. The Hall–Kier alpha value is -4.46. The topological polar surface area (TPSA) is 111 Å². The molecule has 1 aromatic heterocycles. The number of primary amides is 1. The van der Waals surface area contributed by atoms with Gasteiger partial charge >= 0.3 is 0 Å². The second kappa shape index (κ2) is 10.9. The van der Waals surface area contributed by atoms with Gasteiger partial charge in [-0.2, -0.15) is 0 Å². The van der Waals surface area contributed by atoms with Crippen molar-refractivity contribution in [1.29, 1.82) is 0 Å². The van der Waals surface area contributed by atoms with Crippen molar-refractivity contribution in [2.24, 2.45) is 11.7 Å². The van der Waals surface area contributed by atoms with E-state index >= 15 is 0 Å². The van der Waals surface area contributed by atoms with E-state index in [1.807, 2.05) is 66.9 Å². The molecule has 0 saturated carbocycles. The summed E-state index contributed by atoms with van der Waals surface area (Å²) >= 11 is 0. The average molecular weight is 511 g/mol. The Morgan fingerprint density at radius 2 is 1.63 bits per heavy atom. The van der Waals surface area contributed by atoms with Gasteiger partial charge in [-0.3, -0.25) is 19.7 Å². The molecule has 1 aliphatic rings. The molecule has 1 aliphatic heterocycles. The molecule has 8 heteroatoms. The van der Waals surface area contributed by atoms with Gasteiger partial charge in [0.05, 0.1) is 4.92 Å². The normalized spacial score (nSPS) is 14.9. The van der Waals surface area contributed by atoms with Crippen LogP contribution in [0.15, 0.2) is 85.1 Å². The second-order valence-electron chi connectivity index (χ2n) is 9.88. The maximum absolute atomic E-state index is 13.5. The van der Waals surface area contributed by atoms with Crippen LogP contribution in [0.4, 0.5) is 5.69 Å². The second-order valence-corrected chi connectivity index (χ2v) is 9.88. The lowest BCUT2D eigenvalue weighted by Gasteiger charge is -2.31. The predicted molar refractivity (Wildman–Crippen MR) is 146 cm³/mol. The summed E-state index contributed by atoms with van der Waals surface area (Å²) in [6.07, 6.45) is 3.39. The molecular weight excluding hydrogens is 480 g/mol. The average Bonchev–Trinajstić information content (AvgIpc) is 3.29. The van der Waals surface area contributed by atoms with Gasteiger partial charge in [-0.15, -0.1) is 0 Å². The highest BCUT2D eigenvalue weighted by Gasteiger charge is 2.29. The fraction of sp³-hybridized carbons (Fsp3) is 0.267. The van der Waals surface area contributed by atoms with Crippen LogP contribution in [-0.4, -0.2) is 39.3 Å². The van der Waals surface area contributed by atoms with Crippen molar-refractivity contribution in [3.05, 3.63) is 112 Å². The molecule has 0 radical (unpaired) electrons. The van der Waals surface area contributed by atoms with E-state index in [0.29, 0.717) is 32.5 Å². The first kappa shape index (κ1) is 25.2. The van der Waals surface area contributed by atoms with Crippen molar-refractivity contribution in [3.63, 3.8) is 0 Å². The zero-order valence-corrected chi connectivity index (χ0v) is 21.0. The summed E-state index contributed by atoms with van der Waals surface area (Å²) in [5.74, 6) is -0.803. The number of carbonyl (C=O) groups is 2. The minimum Gasteiger partial charge on any atom is -0.369 e. The molecule has 194 valence electrons. The molecule has 0 unspecified atom stereocenters. The van der Waals surface area contributed by atoms with Crippen LogP contribution in [0.2, 0.25) is 0 Å². The molecule has 5 rings (SSSR count). The third-order valence-electron chi connectivity index (χ3n) is 7.51. The zero-order chi connectivity index (χ0) is 26.6. The van der Waals surface area contributed by atoms with Crippen LogP contribution in [0.1, 0.15) is 41.9 Å². The lowest BCUT2D eigenvalue weighted by Crippen LogP contribution is -2.42. The molecule has 1 fully saturated rings. The Kier molecular flexibility index (Phi) is 7.22. The Labute approximate surface area is 220 Å². The van der Waals surface area contributed by atoms with Crippen molar-refractivity contribution < 1.29 is 14.5 Å². The number of carbonyl (C=O) groups excluding carboxylic acids is 2. The van der Waals surface area contributed by atoms with Gasteiger partial charge in [-0.1, -0.05) is 60.7 Å². The fourth-order valence-electron chi connectivity index (χ4n) is 5.42. The lowest BCUT2D eigenvalue weighted by atomic mass is 9.87. The number of amides is 2.